The van der Waals surface area contributed by atoms with E-state index in [-0.39, 0.29) is 12.8 Å². The van der Waals surface area contributed by atoms with Crippen molar-refractivity contribution in [1.29, 1.82) is 0 Å². The fourth-order valence-electron chi connectivity index (χ4n) is 3.50. The van der Waals surface area contributed by atoms with Crippen LogP contribution in [-0.4, -0.2) is 32.2 Å². The molecule has 0 aromatic carbocycles. The molecule has 1 saturated carbocycles. The maximum atomic E-state index is 14.2. The molecule has 3 N–H and O–H groups in total. The molecule has 3 aromatic rings. The van der Waals surface area contributed by atoms with Gasteiger partial charge in [0.25, 0.3) is 0 Å². The second kappa shape index (κ2) is 7.03. The van der Waals surface area contributed by atoms with Crippen LogP contribution in [0.1, 0.15) is 24.1 Å². The Morgan fingerprint density at radius 1 is 1.22 bits per heavy atom. The number of halogens is 2. The predicted molar refractivity (Wildman–Crippen MR) is 97.7 cm³/mol. The van der Waals surface area contributed by atoms with Gasteiger partial charge in [-0.15, -0.1) is 0 Å². The van der Waals surface area contributed by atoms with Crippen molar-refractivity contribution in [2.75, 3.05) is 11.9 Å². The zero-order valence-corrected chi connectivity index (χ0v) is 14.6. The number of alkyl halides is 1. The number of pyridine rings is 1. The van der Waals surface area contributed by atoms with E-state index in [0.717, 1.165) is 11.3 Å². The van der Waals surface area contributed by atoms with E-state index in [0.29, 0.717) is 24.7 Å². The molecule has 27 heavy (non-hydrogen) atoms. The van der Waals surface area contributed by atoms with Crippen molar-refractivity contribution in [1.82, 2.24) is 19.5 Å². The van der Waals surface area contributed by atoms with E-state index in [4.69, 9.17) is 5.73 Å². The minimum atomic E-state index is -0.943. The van der Waals surface area contributed by atoms with Crippen LogP contribution >= 0.6 is 0 Å². The summed E-state index contributed by atoms with van der Waals surface area (Å²) in [7, 11) is 0. The van der Waals surface area contributed by atoms with E-state index in [1.807, 2.05) is 23.0 Å². The Bertz CT molecular complexity index is 918. The average Bonchev–Trinajstić information content (AvgIpc) is 3.14. The number of hydrogen-bond acceptors (Lipinski definition) is 5. The highest BCUT2D eigenvalue weighted by Crippen LogP contribution is 2.45. The minimum absolute atomic E-state index is 0.233. The minimum Gasteiger partial charge on any atom is -0.353 e. The van der Waals surface area contributed by atoms with Gasteiger partial charge in [-0.2, -0.15) is 0 Å². The molecule has 4 rings (SSSR count). The normalized spacial score (nSPS) is 21.7. The lowest BCUT2D eigenvalue weighted by Crippen LogP contribution is -2.49. The SMILES string of the molecule is NCc1ccn(-c2cnc(NCC3(c4ncccc4F)CC(F)C3)nc2)c1. The van der Waals surface area contributed by atoms with Gasteiger partial charge < -0.3 is 15.6 Å². The molecule has 0 bridgehead atoms. The molecule has 0 spiro atoms. The third-order valence-corrected chi connectivity index (χ3v) is 5.00. The average molecular weight is 370 g/mol. The standard InChI is InChI=1S/C19H20F2N6/c20-14-6-19(7-14,17-16(21)2-1-4-23-17)12-26-18-24-9-15(10-25-18)27-5-3-13(8-22)11-27/h1-5,9-11,14H,6-8,12,22H2,(H,24,25,26). The molecule has 8 heteroatoms. The number of nitrogens with two attached hydrogens (primary N) is 1. The topological polar surface area (TPSA) is 81.7 Å². The first-order valence-electron chi connectivity index (χ1n) is 8.78. The number of hydrogen-bond donors (Lipinski definition) is 2. The molecule has 1 aliphatic carbocycles. The molecular formula is C19H20F2N6. The van der Waals surface area contributed by atoms with Gasteiger partial charge in [-0.1, -0.05) is 0 Å². The Hall–Kier alpha value is -2.87. The maximum Gasteiger partial charge on any atom is 0.222 e. The summed E-state index contributed by atoms with van der Waals surface area (Å²) in [5, 5.41) is 3.10. The monoisotopic (exact) mass is 370 g/mol. The van der Waals surface area contributed by atoms with Crippen LogP contribution in [0.4, 0.5) is 14.7 Å². The Kier molecular flexibility index (Phi) is 4.57. The molecular weight excluding hydrogens is 350 g/mol. The zero-order valence-electron chi connectivity index (χ0n) is 14.6. The molecule has 0 saturated heterocycles. The Labute approximate surface area is 155 Å². The Morgan fingerprint density at radius 3 is 2.63 bits per heavy atom. The molecule has 3 heterocycles. The largest absolute Gasteiger partial charge is 0.353 e. The molecule has 0 atom stereocenters. The van der Waals surface area contributed by atoms with Crippen molar-refractivity contribution in [3.8, 4) is 5.69 Å². The van der Waals surface area contributed by atoms with Crippen LogP contribution in [0.3, 0.4) is 0 Å². The molecule has 0 radical (unpaired) electrons. The van der Waals surface area contributed by atoms with Gasteiger partial charge >= 0.3 is 0 Å². The lowest BCUT2D eigenvalue weighted by atomic mass is 9.65. The van der Waals surface area contributed by atoms with Gasteiger partial charge in [0.05, 0.1) is 23.8 Å². The summed E-state index contributed by atoms with van der Waals surface area (Å²) in [5.74, 6) is -0.00578. The highest BCUT2D eigenvalue weighted by atomic mass is 19.1. The predicted octanol–water partition coefficient (Wildman–Crippen LogP) is 2.74. The van der Waals surface area contributed by atoms with E-state index >= 15 is 0 Å². The van der Waals surface area contributed by atoms with Crippen LogP contribution in [0.15, 0.2) is 49.2 Å². The van der Waals surface area contributed by atoms with Crippen molar-refractivity contribution in [2.45, 2.75) is 31.0 Å². The lowest BCUT2D eigenvalue weighted by Gasteiger charge is -2.43. The van der Waals surface area contributed by atoms with Gasteiger partial charge in [0.15, 0.2) is 0 Å². The van der Waals surface area contributed by atoms with Crippen molar-refractivity contribution < 1.29 is 8.78 Å². The Balaban J connectivity index is 1.48. The van der Waals surface area contributed by atoms with Gasteiger partial charge in [-0.25, -0.2) is 18.7 Å². The smallest absolute Gasteiger partial charge is 0.222 e. The summed E-state index contributed by atoms with van der Waals surface area (Å²) in [6.07, 6.45) is 8.23. The first-order valence-corrected chi connectivity index (χ1v) is 8.78. The molecule has 3 aromatic heterocycles. The molecule has 0 aliphatic heterocycles. The van der Waals surface area contributed by atoms with Crippen LogP contribution in [-0.2, 0) is 12.0 Å². The number of nitrogens with zero attached hydrogens (tertiary/aromatic N) is 4. The lowest BCUT2D eigenvalue weighted by molar-refractivity contribution is 0.0963. The number of anilines is 1. The second-order valence-corrected chi connectivity index (χ2v) is 6.87. The highest BCUT2D eigenvalue weighted by molar-refractivity contribution is 5.36. The first-order chi connectivity index (χ1) is 13.1. The molecule has 6 nitrogen and oxygen atoms in total. The summed E-state index contributed by atoms with van der Waals surface area (Å²) in [5.41, 5.74) is 7.06. The van der Waals surface area contributed by atoms with Gasteiger partial charge in [-0.05, 0) is 36.6 Å². The fourth-order valence-corrected chi connectivity index (χ4v) is 3.50. The molecule has 1 fully saturated rings. The van der Waals surface area contributed by atoms with Gasteiger partial charge in [-0.3, -0.25) is 4.98 Å². The van der Waals surface area contributed by atoms with Crippen LogP contribution in [0, 0.1) is 5.82 Å². The summed E-state index contributed by atoms with van der Waals surface area (Å²) in [6, 6.07) is 4.82. The van der Waals surface area contributed by atoms with E-state index in [9.17, 15) is 8.78 Å². The van der Waals surface area contributed by atoms with E-state index in [1.54, 1.807) is 12.4 Å². The van der Waals surface area contributed by atoms with Gasteiger partial charge in [0, 0.05) is 37.1 Å². The van der Waals surface area contributed by atoms with E-state index in [2.05, 4.69) is 20.3 Å². The van der Waals surface area contributed by atoms with Crippen LogP contribution in [0.2, 0.25) is 0 Å². The summed E-state index contributed by atoms with van der Waals surface area (Å²) >= 11 is 0. The first kappa shape index (κ1) is 17.5. The van der Waals surface area contributed by atoms with Crippen molar-refractivity contribution >= 4 is 5.95 Å². The second-order valence-electron chi connectivity index (χ2n) is 6.87. The fraction of sp³-hybridized carbons (Fsp3) is 0.316. The van der Waals surface area contributed by atoms with Crippen molar-refractivity contribution in [3.05, 3.63) is 66.3 Å². The van der Waals surface area contributed by atoms with Crippen molar-refractivity contribution in [3.63, 3.8) is 0 Å². The van der Waals surface area contributed by atoms with Crippen LogP contribution in [0.25, 0.3) is 5.69 Å². The summed E-state index contributed by atoms with van der Waals surface area (Å²) in [6.45, 7) is 0.788. The van der Waals surface area contributed by atoms with Crippen molar-refractivity contribution in [2.24, 2.45) is 5.73 Å². The van der Waals surface area contributed by atoms with Gasteiger partial charge in [0.2, 0.25) is 5.95 Å². The third-order valence-electron chi connectivity index (χ3n) is 5.00. The Morgan fingerprint density at radius 2 is 2.00 bits per heavy atom. The molecule has 0 unspecified atom stereocenters. The number of nitrogens with one attached hydrogen (secondary N) is 1. The molecule has 140 valence electrons. The number of rotatable bonds is 6. The zero-order chi connectivity index (χ0) is 18.9. The van der Waals surface area contributed by atoms with E-state index in [1.165, 1.54) is 18.3 Å². The third kappa shape index (κ3) is 3.40. The van der Waals surface area contributed by atoms with Crippen LogP contribution in [0.5, 0.6) is 0 Å². The quantitative estimate of drug-likeness (QED) is 0.697. The maximum absolute atomic E-state index is 14.2. The summed E-state index contributed by atoms with van der Waals surface area (Å²) in [4.78, 5) is 12.8. The van der Waals surface area contributed by atoms with Gasteiger partial charge in [0.1, 0.15) is 12.0 Å². The summed E-state index contributed by atoms with van der Waals surface area (Å²) < 4.78 is 29.7. The molecule has 0 amide bonds. The number of aromatic nitrogens is 4. The highest BCUT2D eigenvalue weighted by Gasteiger charge is 2.48. The van der Waals surface area contributed by atoms with Crippen LogP contribution < -0.4 is 11.1 Å². The molecule has 1 aliphatic rings. The van der Waals surface area contributed by atoms with E-state index < -0.39 is 17.4 Å².